The van der Waals surface area contributed by atoms with E-state index in [0.29, 0.717) is 6.42 Å². The van der Waals surface area contributed by atoms with Crippen LogP contribution in [-0.2, 0) is 50.7 Å². The van der Waals surface area contributed by atoms with Gasteiger partial charge in [0.1, 0.15) is 36.3 Å². The van der Waals surface area contributed by atoms with E-state index in [2.05, 4.69) is 65.6 Å². The van der Waals surface area contributed by atoms with Crippen molar-refractivity contribution in [3.8, 4) is 0 Å². The van der Waals surface area contributed by atoms with Crippen LogP contribution in [0.15, 0.2) is 37.0 Å². The van der Waals surface area contributed by atoms with Gasteiger partial charge in [-0.05, 0) is 38.5 Å². The third kappa shape index (κ3) is 22.8. The van der Waals surface area contributed by atoms with Gasteiger partial charge < -0.3 is 56.0 Å². The minimum absolute atomic E-state index is 0.0122. The number of anilines is 1. The van der Waals surface area contributed by atoms with Crippen molar-refractivity contribution >= 4 is 69.1 Å². The molecule has 2 aromatic rings. The molecule has 2 unspecified atom stereocenters. The summed E-state index contributed by atoms with van der Waals surface area (Å²) >= 11 is 0.992. The van der Waals surface area contributed by atoms with Crippen LogP contribution in [0.3, 0.4) is 0 Å². The summed E-state index contributed by atoms with van der Waals surface area (Å²) < 4.78 is 62.4. The number of aliphatic hydroxyl groups is 3. The molecule has 398 valence electrons. The fourth-order valence-corrected chi connectivity index (χ4v) is 10.4. The maximum absolute atomic E-state index is 12.7. The molecule has 25 nitrogen and oxygen atoms in total. The van der Waals surface area contributed by atoms with Gasteiger partial charge in [0.15, 0.2) is 22.8 Å². The first-order valence-electron chi connectivity index (χ1n) is 23.0. The summed E-state index contributed by atoms with van der Waals surface area (Å²) in [7, 11) is -16.4. The van der Waals surface area contributed by atoms with E-state index in [1.165, 1.54) is 33.1 Å². The highest BCUT2D eigenvalue weighted by Gasteiger charge is 2.50. The number of carbonyl (C=O) groups is 3. The predicted octanol–water partition coefficient (Wildman–Crippen LogP) is 4.23. The molecule has 0 saturated carbocycles. The van der Waals surface area contributed by atoms with E-state index in [4.69, 9.17) is 19.5 Å². The number of ether oxygens (including phenoxy) is 1. The number of fused-ring (bicyclic) bond motifs is 1. The van der Waals surface area contributed by atoms with Crippen LogP contribution >= 0.6 is 35.2 Å². The predicted molar refractivity (Wildman–Crippen MR) is 257 cm³/mol. The highest BCUT2D eigenvalue weighted by molar-refractivity contribution is 8.13. The number of carbonyl (C=O) groups excluding carboxylic acids is 3. The van der Waals surface area contributed by atoms with Crippen LogP contribution in [0.4, 0.5) is 5.82 Å². The largest absolute Gasteiger partial charge is 0.481 e. The van der Waals surface area contributed by atoms with E-state index in [9.17, 15) is 63.0 Å². The lowest BCUT2D eigenvalue weighted by molar-refractivity contribution is -0.137. The molecule has 8 atom stereocenters. The molecule has 0 radical (unpaired) electrons. The summed E-state index contributed by atoms with van der Waals surface area (Å²) in [6.45, 7) is 2.59. The average molecular weight is 1070 g/mol. The van der Waals surface area contributed by atoms with Crippen molar-refractivity contribution in [3.05, 3.63) is 37.0 Å². The second kappa shape index (κ2) is 30.3. The quantitative estimate of drug-likeness (QED) is 0.0262. The number of nitrogen functional groups attached to an aromatic ring is 1. The molecule has 0 spiro atoms. The Balaban J connectivity index is 1.30. The summed E-state index contributed by atoms with van der Waals surface area (Å²) in [5.74, 6) is -1.23. The van der Waals surface area contributed by atoms with Crippen molar-refractivity contribution in [2.75, 3.05) is 37.8 Å². The fourth-order valence-electron chi connectivity index (χ4n) is 6.84. The van der Waals surface area contributed by atoms with E-state index in [0.717, 1.165) is 80.4 Å². The Labute approximate surface area is 411 Å². The number of amides is 2. The zero-order valence-electron chi connectivity index (χ0n) is 39.6. The number of nitrogens with zero attached hydrogens (tertiary/aromatic N) is 4. The summed E-state index contributed by atoms with van der Waals surface area (Å²) in [6, 6.07) is 0. The zero-order chi connectivity index (χ0) is 52.0. The van der Waals surface area contributed by atoms with Crippen molar-refractivity contribution in [2.24, 2.45) is 5.41 Å². The molecule has 1 saturated heterocycles. The van der Waals surface area contributed by atoms with Gasteiger partial charge in [-0.25, -0.2) is 28.6 Å². The number of nitrogens with one attached hydrogen (secondary N) is 2. The maximum Gasteiger partial charge on any atom is 0.481 e. The zero-order valence-corrected chi connectivity index (χ0v) is 43.1. The number of imidazole rings is 1. The first-order valence-corrected chi connectivity index (χ1v) is 28.5. The molecule has 1 fully saturated rings. The first kappa shape index (κ1) is 61.3. The van der Waals surface area contributed by atoms with E-state index in [-0.39, 0.29) is 53.8 Å². The number of hydrogen-bond acceptors (Lipinski definition) is 19. The molecule has 0 aliphatic carbocycles. The molecule has 1 aliphatic heterocycles. The smallest absolute Gasteiger partial charge is 0.393 e. The van der Waals surface area contributed by atoms with Crippen LogP contribution < -0.4 is 16.4 Å². The number of aliphatic hydroxyl groups excluding tert-OH is 3. The molecule has 29 heteroatoms. The maximum atomic E-state index is 12.7. The number of phosphoric acid groups is 3. The Morgan fingerprint density at radius 1 is 0.914 bits per heavy atom. The Bertz CT molecular complexity index is 2160. The van der Waals surface area contributed by atoms with Crippen LogP contribution in [-0.4, -0.2) is 134 Å². The third-order valence-corrected chi connectivity index (χ3v) is 14.7. The normalized spacial score (nSPS) is 20.4. The second-order valence-electron chi connectivity index (χ2n) is 17.2. The summed E-state index contributed by atoms with van der Waals surface area (Å²) in [5.41, 5.74) is 4.25. The number of hydrogen-bond donors (Lipinski definition) is 10. The first-order chi connectivity index (χ1) is 32.9. The van der Waals surface area contributed by atoms with Crippen LogP contribution in [0.25, 0.3) is 11.2 Å². The van der Waals surface area contributed by atoms with Gasteiger partial charge in [0.2, 0.25) is 11.8 Å². The number of phosphoric ester groups is 3. The van der Waals surface area contributed by atoms with Crippen LogP contribution in [0.2, 0.25) is 0 Å². The molecule has 11 N–H and O–H groups in total. The van der Waals surface area contributed by atoms with Gasteiger partial charge in [0.25, 0.3) is 0 Å². The average Bonchev–Trinajstić information content (AvgIpc) is 3.84. The molecule has 2 amide bonds. The molecule has 3 rings (SSSR count). The SMILES string of the molecule is CCCCC/C=C\C/C=C\CCCCCCC[C@H](O)CC(=O)SCCNC(=O)CCNC(=O)[C@H](O)C(C)(C)COP(=O)(O)OP(=O)(O)OC[C@@H]1O[C@H](n2cnc3c(N)ncnc32)[C@H](O)[C@@H]1OP(=O)(O)O. The molecule has 70 heavy (non-hydrogen) atoms. The van der Waals surface area contributed by atoms with Gasteiger partial charge in [-0.15, -0.1) is 0 Å². The molecular formula is C41H70N7O18P3S. The van der Waals surface area contributed by atoms with Crippen molar-refractivity contribution in [3.63, 3.8) is 0 Å². The summed E-state index contributed by atoms with van der Waals surface area (Å²) in [4.78, 5) is 88.5. The summed E-state index contributed by atoms with van der Waals surface area (Å²) in [6.07, 6.45) is 13.8. The number of thioether (sulfide) groups is 1. The van der Waals surface area contributed by atoms with Crippen LogP contribution in [0.1, 0.15) is 117 Å². The van der Waals surface area contributed by atoms with Gasteiger partial charge in [-0.3, -0.25) is 32.5 Å². The standard InChI is InChI=1S/C41H70N7O18P3S/c1-4-5-6-7-8-9-10-11-12-13-14-15-16-17-18-19-29(49)24-32(51)70-23-22-43-31(50)20-21-44-39(54)36(53)41(2,3)26-63-69(60,61)66-68(58,59)62-25-30-35(65-67(55,56)57)34(52)40(64-30)48-28-47-33-37(42)45-27-46-38(33)48/h8-9,11-12,27-30,34-36,40,49,52-53H,4-7,10,13-26H2,1-3H3,(H,43,50)(H,44,54)(H,58,59)(H,60,61)(H2,42,45,46)(H2,55,56,57)/b9-8-,12-11-/t29-,30-,34+,35+,36-,40-/m0/s1. The molecule has 3 heterocycles. The number of rotatable bonds is 35. The topological polar surface area (TPSA) is 384 Å². The highest BCUT2D eigenvalue weighted by Crippen LogP contribution is 2.61. The van der Waals surface area contributed by atoms with Gasteiger partial charge in [-0.1, -0.05) is 95.4 Å². The molecule has 2 aromatic heterocycles. The number of aromatic nitrogens is 4. The Morgan fingerprint density at radius 2 is 1.57 bits per heavy atom. The molecule has 0 bridgehead atoms. The van der Waals surface area contributed by atoms with Gasteiger partial charge in [-0.2, -0.15) is 4.31 Å². The number of nitrogens with two attached hydrogens (primary N) is 1. The number of unbranched alkanes of at least 4 members (excludes halogenated alkanes) is 8. The van der Waals surface area contributed by atoms with Crippen LogP contribution in [0.5, 0.6) is 0 Å². The lowest BCUT2D eigenvalue weighted by Gasteiger charge is -2.30. The fraction of sp³-hybridized carbons (Fsp3) is 0.707. The van der Waals surface area contributed by atoms with E-state index >= 15 is 0 Å². The Hall–Kier alpha value is -3.00. The molecular weight excluding hydrogens is 1000 g/mol. The van der Waals surface area contributed by atoms with E-state index < -0.39 is 90.7 Å². The minimum Gasteiger partial charge on any atom is -0.393 e. The van der Waals surface area contributed by atoms with Crippen LogP contribution in [0, 0.1) is 5.41 Å². The Morgan fingerprint density at radius 3 is 2.26 bits per heavy atom. The number of allylic oxidation sites excluding steroid dienone is 4. The lowest BCUT2D eigenvalue weighted by atomic mass is 9.87. The van der Waals surface area contributed by atoms with E-state index in [1.807, 2.05) is 0 Å². The second-order valence-corrected chi connectivity index (χ2v) is 22.6. The lowest BCUT2D eigenvalue weighted by Crippen LogP contribution is -2.46. The Kier molecular flexibility index (Phi) is 26.5. The monoisotopic (exact) mass is 1070 g/mol. The van der Waals surface area contributed by atoms with Crippen molar-refractivity contribution in [2.45, 2.75) is 147 Å². The van der Waals surface area contributed by atoms with E-state index in [1.54, 1.807) is 0 Å². The van der Waals surface area contributed by atoms with Crippen molar-refractivity contribution in [1.29, 1.82) is 0 Å². The third-order valence-electron chi connectivity index (χ3n) is 10.7. The van der Waals surface area contributed by atoms with Crippen molar-refractivity contribution < 1.29 is 85.6 Å². The van der Waals surface area contributed by atoms with Crippen molar-refractivity contribution in [1.82, 2.24) is 30.2 Å². The van der Waals surface area contributed by atoms with Gasteiger partial charge in [0.05, 0.1) is 25.6 Å². The van der Waals surface area contributed by atoms with Gasteiger partial charge >= 0.3 is 23.5 Å². The minimum atomic E-state index is -5.59. The summed E-state index contributed by atoms with van der Waals surface area (Å²) in [5, 5.41) is 36.6. The highest BCUT2D eigenvalue weighted by atomic mass is 32.2. The molecule has 1 aliphatic rings. The van der Waals surface area contributed by atoms with Gasteiger partial charge in [0, 0.05) is 37.1 Å². The molecule has 0 aromatic carbocycles.